The molecule has 0 fully saturated rings. The van der Waals surface area contributed by atoms with Crippen LogP contribution in [0.2, 0.25) is 0 Å². The average Bonchev–Trinajstić information content (AvgIpc) is 2.64. The Morgan fingerprint density at radius 2 is 2.13 bits per heavy atom. The Bertz CT molecular complexity index is 363. The van der Waals surface area contributed by atoms with E-state index >= 15 is 0 Å². The molecule has 0 spiro atoms. The molecule has 0 radical (unpaired) electrons. The van der Waals surface area contributed by atoms with Gasteiger partial charge in [0, 0.05) is 0 Å². The van der Waals surface area contributed by atoms with Crippen LogP contribution in [0.3, 0.4) is 0 Å². The van der Waals surface area contributed by atoms with Crippen molar-refractivity contribution in [3.05, 3.63) is 35.9 Å². The molecule has 2 rings (SSSR count). The molecule has 2 nitrogen and oxygen atoms in total. The molecule has 80 valence electrons. The van der Waals surface area contributed by atoms with Crippen molar-refractivity contribution in [3.63, 3.8) is 0 Å². The number of benzene rings is 1. The molecule has 1 unspecified atom stereocenters. The molecule has 1 heterocycles. The summed E-state index contributed by atoms with van der Waals surface area (Å²) in [5.41, 5.74) is 0.930. The molecule has 0 bridgehead atoms. The van der Waals surface area contributed by atoms with E-state index in [2.05, 4.69) is 31.0 Å². The number of rotatable bonds is 2. The minimum absolute atomic E-state index is 0.265. The van der Waals surface area contributed by atoms with Crippen LogP contribution in [0, 0.1) is 0 Å². The molecule has 1 atom stereocenters. The number of hydrogen-bond donors (Lipinski definition) is 0. The fraction of sp³-hybridized carbons (Fsp3) is 0.417. The maximum Gasteiger partial charge on any atom is 0.246 e. The summed E-state index contributed by atoms with van der Waals surface area (Å²) < 4.78 is 5.89. The highest BCUT2D eigenvalue weighted by Crippen LogP contribution is 2.32. The molecule has 3 heteroatoms. The maximum absolute atomic E-state index is 5.89. The van der Waals surface area contributed by atoms with Crippen LogP contribution in [-0.2, 0) is 10.3 Å². The minimum atomic E-state index is -0.265. The zero-order chi connectivity index (χ0) is 10.7. The quantitative estimate of drug-likeness (QED) is 0.765. The van der Waals surface area contributed by atoms with E-state index in [1.165, 1.54) is 5.56 Å². The summed E-state index contributed by atoms with van der Waals surface area (Å²) in [7, 11) is 0. The number of ether oxygens (including phenoxy) is 1. The third-order valence-electron chi connectivity index (χ3n) is 2.47. The Balaban J connectivity index is 2.13. The van der Waals surface area contributed by atoms with E-state index in [0.717, 1.165) is 17.5 Å². The van der Waals surface area contributed by atoms with Crippen molar-refractivity contribution in [2.75, 3.05) is 12.3 Å². The summed E-state index contributed by atoms with van der Waals surface area (Å²) in [6.45, 7) is 4.92. The van der Waals surface area contributed by atoms with Crippen molar-refractivity contribution >= 4 is 17.0 Å². The van der Waals surface area contributed by atoms with E-state index in [4.69, 9.17) is 4.74 Å². The first-order valence-corrected chi connectivity index (χ1v) is 6.15. The number of thioether (sulfide) groups is 1. The Hall–Kier alpha value is -0.960. The molecule has 1 aliphatic rings. The summed E-state index contributed by atoms with van der Waals surface area (Å²) in [5, 5.41) is 0.823. The highest BCUT2D eigenvalue weighted by molar-refractivity contribution is 8.13. The van der Waals surface area contributed by atoms with Gasteiger partial charge in [0.1, 0.15) is 0 Å². The fourth-order valence-corrected chi connectivity index (χ4v) is 2.26. The number of nitrogens with zero attached hydrogens (tertiary/aromatic N) is 1. The van der Waals surface area contributed by atoms with Gasteiger partial charge in [0.25, 0.3) is 0 Å². The van der Waals surface area contributed by atoms with Crippen molar-refractivity contribution in [1.29, 1.82) is 0 Å². The Labute approximate surface area is 94.7 Å². The second-order valence-corrected chi connectivity index (χ2v) is 4.93. The Morgan fingerprint density at radius 3 is 2.80 bits per heavy atom. The SMILES string of the molecule is CCSC1=NCC(C)(c2ccccc2)O1. The average molecular weight is 221 g/mol. The molecule has 0 N–H and O–H groups in total. The second-order valence-electron chi connectivity index (χ2n) is 3.71. The highest BCUT2D eigenvalue weighted by Gasteiger charge is 2.34. The van der Waals surface area contributed by atoms with Crippen LogP contribution in [0.1, 0.15) is 19.4 Å². The van der Waals surface area contributed by atoms with Crippen molar-refractivity contribution in [1.82, 2.24) is 0 Å². The molecule has 1 aromatic carbocycles. The third-order valence-corrected chi connectivity index (χ3v) is 3.22. The first-order chi connectivity index (χ1) is 7.24. The van der Waals surface area contributed by atoms with E-state index in [-0.39, 0.29) is 5.60 Å². The smallest absolute Gasteiger partial charge is 0.246 e. The lowest BCUT2D eigenvalue weighted by molar-refractivity contribution is 0.113. The number of hydrogen-bond acceptors (Lipinski definition) is 3. The predicted octanol–water partition coefficient (Wildman–Crippen LogP) is 3.04. The molecule has 1 aromatic rings. The molecule has 0 saturated heterocycles. The van der Waals surface area contributed by atoms with Crippen LogP contribution in [0.25, 0.3) is 0 Å². The first-order valence-electron chi connectivity index (χ1n) is 5.16. The van der Waals surface area contributed by atoms with Crippen LogP contribution in [0.5, 0.6) is 0 Å². The van der Waals surface area contributed by atoms with Gasteiger partial charge in [-0.2, -0.15) is 0 Å². The topological polar surface area (TPSA) is 21.6 Å². The summed E-state index contributed by atoms with van der Waals surface area (Å²) >= 11 is 1.66. The van der Waals surface area contributed by atoms with E-state index in [0.29, 0.717) is 0 Å². The van der Waals surface area contributed by atoms with Gasteiger partial charge >= 0.3 is 0 Å². The first kappa shape index (κ1) is 10.6. The lowest BCUT2D eigenvalue weighted by Gasteiger charge is -2.23. The van der Waals surface area contributed by atoms with E-state index < -0.39 is 0 Å². The standard InChI is InChI=1S/C12H15NOS/c1-3-15-11-13-9-12(2,14-11)10-7-5-4-6-8-10/h4-8H,3,9H2,1-2H3. The molecule has 0 amide bonds. The molecular weight excluding hydrogens is 206 g/mol. The molecule has 0 saturated carbocycles. The van der Waals surface area contributed by atoms with E-state index in [9.17, 15) is 0 Å². The van der Waals surface area contributed by atoms with Gasteiger partial charge < -0.3 is 4.74 Å². The van der Waals surface area contributed by atoms with E-state index in [1.807, 2.05) is 18.2 Å². The van der Waals surface area contributed by atoms with Crippen LogP contribution in [0.4, 0.5) is 0 Å². The third kappa shape index (κ3) is 2.17. The van der Waals surface area contributed by atoms with Gasteiger partial charge in [-0.3, -0.25) is 0 Å². The molecular formula is C12H15NOS. The fourth-order valence-electron chi connectivity index (χ4n) is 1.61. The largest absolute Gasteiger partial charge is 0.460 e. The minimum Gasteiger partial charge on any atom is -0.460 e. The van der Waals surface area contributed by atoms with Crippen LogP contribution >= 0.6 is 11.8 Å². The lowest BCUT2D eigenvalue weighted by atomic mass is 9.96. The number of aliphatic imine (C=N–C) groups is 1. The molecule has 15 heavy (non-hydrogen) atoms. The zero-order valence-electron chi connectivity index (χ0n) is 9.06. The van der Waals surface area contributed by atoms with Crippen molar-refractivity contribution in [2.24, 2.45) is 4.99 Å². The van der Waals surface area contributed by atoms with Gasteiger partial charge in [0.2, 0.25) is 5.23 Å². The summed E-state index contributed by atoms with van der Waals surface area (Å²) in [6.07, 6.45) is 0. The van der Waals surface area contributed by atoms with Crippen molar-refractivity contribution in [2.45, 2.75) is 19.4 Å². The Kier molecular flexibility index (Phi) is 3.00. The van der Waals surface area contributed by atoms with Gasteiger partial charge in [0.15, 0.2) is 5.60 Å². The second kappa shape index (κ2) is 4.27. The summed E-state index contributed by atoms with van der Waals surface area (Å²) in [5.74, 6) is 1.00. The van der Waals surface area contributed by atoms with Gasteiger partial charge in [-0.15, -0.1) is 0 Å². The normalized spacial score (nSPS) is 24.8. The van der Waals surface area contributed by atoms with E-state index in [1.54, 1.807) is 11.8 Å². The lowest BCUT2D eigenvalue weighted by Crippen LogP contribution is -2.25. The van der Waals surface area contributed by atoms with Gasteiger partial charge in [-0.25, -0.2) is 4.99 Å². The highest BCUT2D eigenvalue weighted by atomic mass is 32.2. The molecule has 1 aliphatic heterocycles. The molecule has 0 aromatic heterocycles. The monoisotopic (exact) mass is 221 g/mol. The molecule has 0 aliphatic carbocycles. The van der Waals surface area contributed by atoms with Gasteiger partial charge in [-0.05, 0) is 18.2 Å². The van der Waals surface area contributed by atoms with Crippen molar-refractivity contribution in [3.8, 4) is 0 Å². The summed E-state index contributed by atoms with van der Waals surface area (Å²) in [4.78, 5) is 4.41. The Morgan fingerprint density at radius 1 is 1.40 bits per heavy atom. The maximum atomic E-state index is 5.89. The van der Waals surface area contributed by atoms with Gasteiger partial charge in [0.05, 0.1) is 6.54 Å². The van der Waals surface area contributed by atoms with Crippen LogP contribution in [0.15, 0.2) is 35.3 Å². The van der Waals surface area contributed by atoms with Crippen LogP contribution in [-0.4, -0.2) is 17.5 Å². The van der Waals surface area contributed by atoms with Crippen LogP contribution < -0.4 is 0 Å². The van der Waals surface area contributed by atoms with Gasteiger partial charge in [-0.1, -0.05) is 49.0 Å². The summed E-state index contributed by atoms with van der Waals surface area (Å²) in [6, 6.07) is 10.3. The zero-order valence-corrected chi connectivity index (χ0v) is 9.88. The van der Waals surface area contributed by atoms with Crippen molar-refractivity contribution < 1.29 is 4.74 Å². The predicted molar refractivity (Wildman–Crippen MR) is 65.3 cm³/mol.